The van der Waals surface area contributed by atoms with Crippen molar-refractivity contribution in [2.75, 3.05) is 31.2 Å². The van der Waals surface area contributed by atoms with E-state index in [4.69, 9.17) is 26.1 Å². The molecule has 1 aromatic heterocycles. The quantitative estimate of drug-likeness (QED) is 0.289. The summed E-state index contributed by atoms with van der Waals surface area (Å²) in [5, 5.41) is 0.663. The second kappa shape index (κ2) is 9.45. The number of ether oxygens (including phenoxy) is 2. The first-order valence-electron chi connectivity index (χ1n) is 11.7. The molecule has 0 bridgehead atoms. The van der Waals surface area contributed by atoms with Gasteiger partial charge in [-0.15, -0.1) is 0 Å². The Labute approximate surface area is 208 Å². The Bertz CT molecular complexity index is 1460. The third-order valence-electron chi connectivity index (χ3n) is 6.28. The van der Waals surface area contributed by atoms with Crippen molar-refractivity contribution in [3.8, 4) is 34.0 Å². The van der Waals surface area contributed by atoms with E-state index in [0.717, 1.165) is 65.3 Å². The number of benzene rings is 4. The van der Waals surface area contributed by atoms with E-state index in [2.05, 4.69) is 46.3 Å². The highest BCUT2D eigenvalue weighted by atomic mass is 35.5. The van der Waals surface area contributed by atoms with E-state index in [0.29, 0.717) is 11.0 Å². The molecule has 1 aliphatic heterocycles. The second-order valence-corrected chi connectivity index (χ2v) is 8.91. The van der Waals surface area contributed by atoms with Crippen molar-refractivity contribution >= 4 is 28.3 Å². The maximum atomic E-state index is 6.69. The van der Waals surface area contributed by atoms with Gasteiger partial charge in [0.1, 0.15) is 5.75 Å². The third-order valence-corrected chi connectivity index (χ3v) is 6.59. The van der Waals surface area contributed by atoms with Gasteiger partial charge in [-0.3, -0.25) is 0 Å². The van der Waals surface area contributed by atoms with Gasteiger partial charge in [0, 0.05) is 29.9 Å². The largest absolute Gasteiger partial charge is 0.425 e. The summed E-state index contributed by atoms with van der Waals surface area (Å²) in [7, 11) is 0. The van der Waals surface area contributed by atoms with Crippen molar-refractivity contribution in [1.82, 2.24) is 9.97 Å². The molecule has 1 saturated heterocycles. The van der Waals surface area contributed by atoms with Crippen LogP contribution in [0.15, 0.2) is 91.0 Å². The number of hydrogen-bond donors (Lipinski definition) is 1. The molecule has 1 aliphatic rings. The Hall–Kier alpha value is -3.80. The number of rotatable bonds is 5. The molecule has 6 rings (SSSR count). The lowest BCUT2D eigenvalue weighted by Gasteiger charge is -2.29. The van der Waals surface area contributed by atoms with Crippen LogP contribution in [0.4, 0.5) is 5.69 Å². The van der Waals surface area contributed by atoms with E-state index < -0.39 is 0 Å². The Morgan fingerprint density at radius 1 is 0.800 bits per heavy atom. The first-order chi connectivity index (χ1) is 17.2. The van der Waals surface area contributed by atoms with Crippen LogP contribution < -0.4 is 9.64 Å². The molecule has 0 amide bonds. The van der Waals surface area contributed by atoms with Crippen LogP contribution in [-0.4, -0.2) is 36.3 Å². The number of H-pyrrole nitrogens is 1. The van der Waals surface area contributed by atoms with Crippen molar-refractivity contribution in [1.29, 1.82) is 0 Å². The zero-order valence-electron chi connectivity index (χ0n) is 19.1. The molecule has 0 aliphatic carbocycles. The summed E-state index contributed by atoms with van der Waals surface area (Å²) in [5.74, 6) is 0.739. The predicted molar refractivity (Wildman–Crippen MR) is 142 cm³/mol. The minimum atomic E-state index is 0.430. The number of halogens is 1. The fraction of sp³-hybridized carbons (Fsp3) is 0.138. The van der Waals surface area contributed by atoms with E-state index in [1.54, 1.807) is 0 Å². The number of aromatic nitrogens is 2. The molecule has 5 nitrogen and oxygen atoms in total. The molecule has 0 saturated carbocycles. The molecule has 4 aromatic carbocycles. The molecule has 0 unspecified atom stereocenters. The molecule has 0 atom stereocenters. The Morgan fingerprint density at radius 2 is 1.51 bits per heavy atom. The van der Waals surface area contributed by atoms with Crippen LogP contribution in [0.5, 0.6) is 11.8 Å². The lowest BCUT2D eigenvalue weighted by atomic mass is 10.0. The van der Waals surface area contributed by atoms with E-state index in [9.17, 15) is 0 Å². The van der Waals surface area contributed by atoms with Crippen molar-refractivity contribution < 1.29 is 9.47 Å². The number of morpholine rings is 1. The standard InChI is InChI=1S/C29H24ClN3O2/c30-25-19-27-26(18-24(25)21-10-12-22(13-11-21)33-14-16-34-17-15-33)31-29(32-27)35-28-9-5-4-8-23(28)20-6-2-1-3-7-20/h1-13,18-19H,14-17H2,(H,31,32). The Kier molecular flexibility index (Phi) is 5.86. The first-order valence-corrected chi connectivity index (χ1v) is 12.1. The summed E-state index contributed by atoms with van der Waals surface area (Å²) < 4.78 is 11.7. The summed E-state index contributed by atoms with van der Waals surface area (Å²) in [5.41, 5.74) is 6.91. The summed E-state index contributed by atoms with van der Waals surface area (Å²) in [6.07, 6.45) is 0. The lowest BCUT2D eigenvalue weighted by Crippen LogP contribution is -2.36. The van der Waals surface area contributed by atoms with E-state index in [-0.39, 0.29) is 0 Å². The van der Waals surface area contributed by atoms with Crippen molar-refractivity contribution in [2.24, 2.45) is 0 Å². The fourth-order valence-corrected chi connectivity index (χ4v) is 4.74. The molecular formula is C29H24ClN3O2. The SMILES string of the molecule is Clc1cc2[nH]c(Oc3ccccc3-c3ccccc3)nc2cc1-c1ccc(N2CCOCC2)cc1. The van der Waals surface area contributed by atoms with Gasteiger partial charge < -0.3 is 19.4 Å². The minimum absolute atomic E-state index is 0.430. The van der Waals surface area contributed by atoms with Gasteiger partial charge in [0.25, 0.3) is 6.01 Å². The zero-order chi connectivity index (χ0) is 23.6. The van der Waals surface area contributed by atoms with Crippen LogP contribution >= 0.6 is 11.6 Å². The fourth-order valence-electron chi connectivity index (χ4n) is 4.47. The van der Waals surface area contributed by atoms with Gasteiger partial charge in [-0.2, -0.15) is 4.98 Å². The molecule has 1 fully saturated rings. The highest BCUT2D eigenvalue weighted by molar-refractivity contribution is 6.34. The van der Waals surface area contributed by atoms with Crippen molar-refractivity contribution in [3.05, 3.63) is 96.0 Å². The smallest absolute Gasteiger partial charge is 0.300 e. The Morgan fingerprint density at radius 3 is 2.31 bits per heavy atom. The number of nitrogens with zero attached hydrogens (tertiary/aromatic N) is 2. The van der Waals surface area contributed by atoms with E-state index >= 15 is 0 Å². The van der Waals surface area contributed by atoms with Crippen molar-refractivity contribution in [3.63, 3.8) is 0 Å². The summed E-state index contributed by atoms with van der Waals surface area (Å²) in [6.45, 7) is 3.36. The average Bonchev–Trinajstić information content (AvgIpc) is 3.30. The second-order valence-electron chi connectivity index (χ2n) is 8.50. The number of aromatic amines is 1. The van der Waals surface area contributed by atoms with Gasteiger partial charge >= 0.3 is 0 Å². The average molecular weight is 482 g/mol. The minimum Gasteiger partial charge on any atom is -0.425 e. The highest BCUT2D eigenvalue weighted by Crippen LogP contribution is 2.36. The van der Waals surface area contributed by atoms with E-state index in [1.165, 1.54) is 5.69 Å². The summed E-state index contributed by atoms with van der Waals surface area (Å²) in [6, 6.07) is 31.0. The number of nitrogens with one attached hydrogen (secondary N) is 1. The van der Waals surface area contributed by atoms with Crippen LogP contribution in [0, 0.1) is 0 Å². The predicted octanol–water partition coefficient (Wildman–Crippen LogP) is 7.18. The molecular weight excluding hydrogens is 458 g/mol. The van der Waals surface area contributed by atoms with Gasteiger partial charge in [0.15, 0.2) is 0 Å². The van der Waals surface area contributed by atoms with Gasteiger partial charge in [-0.05, 0) is 41.5 Å². The number of para-hydroxylation sites is 1. The zero-order valence-corrected chi connectivity index (χ0v) is 19.8. The number of fused-ring (bicyclic) bond motifs is 1. The first kappa shape index (κ1) is 21.7. The number of imidazole rings is 1. The lowest BCUT2D eigenvalue weighted by molar-refractivity contribution is 0.122. The van der Waals surface area contributed by atoms with Gasteiger partial charge in [0.2, 0.25) is 0 Å². The van der Waals surface area contributed by atoms with Crippen LogP contribution in [0.3, 0.4) is 0 Å². The van der Waals surface area contributed by atoms with Crippen LogP contribution in [0.1, 0.15) is 0 Å². The van der Waals surface area contributed by atoms with Crippen LogP contribution in [0.2, 0.25) is 5.02 Å². The molecule has 2 heterocycles. The maximum Gasteiger partial charge on any atom is 0.300 e. The number of hydrogen-bond acceptors (Lipinski definition) is 4. The van der Waals surface area contributed by atoms with Gasteiger partial charge in [-0.25, -0.2) is 0 Å². The maximum absolute atomic E-state index is 6.69. The topological polar surface area (TPSA) is 50.4 Å². The van der Waals surface area contributed by atoms with Crippen LogP contribution in [-0.2, 0) is 4.74 Å². The molecule has 0 radical (unpaired) electrons. The molecule has 5 aromatic rings. The summed E-state index contributed by atoms with van der Waals surface area (Å²) >= 11 is 6.69. The molecule has 0 spiro atoms. The highest BCUT2D eigenvalue weighted by Gasteiger charge is 2.14. The van der Waals surface area contributed by atoms with Gasteiger partial charge in [-0.1, -0.05) is 72.3 Å². The summed E-state index contributed by atoms with van der Waals surface area (Å²) in [4.78, 5) is 10.3. The van der Waals surface area contributed by atoms with Crippen LogP contribution in [0.25, 0.3) is 33.3 Å². The molecule has 6 heteroatoms. The van der Waals surface area contributed by atoms with Gasteiger partial charge in [0.05, 0.1) is 29.3 Å². The number of anilines is 1. The van der Waals surface area contributed by atoms with Crippen molar-refractivity contribution in [2.45, 2.75) is 0 Å². The monoisotopic (exact) mass is 481 g/mol. The Balaban J connectivity index is 1.29. The molecule has 174 valence electrons. The molecule has 35 heavy (non-hydrogen) atoms. The molecule has 1 N–H and O–H groups in total. The van der Waals surface area contributed by atoms with E-state index in [1.807, 2.05) is 54.6 Å². The normalized spacial score (nSPS) is 13.8. The third kappa shape index (κ3) is 4.48.